The topological polar surface area (TPSA) is 30.5 Å². The zero-order valence-corrected chi connectivity index (χ0v) is 13.9. The SMILES string of the molecule is CCOc1ccc(C(NC)c2ccc(C)s2)cc1OCC. The first kappa shape index (κ1) is 15.9. The highest BCUT2D eigenvalue weighted by Crippen LogP contribution is 2.34. The largest absolute Gasteiger partial charge is 0.490 e. The lowest BCUT2D eigenvalue weighted by atomic mass is 10.0. The Kier molecular flexibility index (Phi) is 5.65. The molecule has 0 aliphatic heterocycles. The Morgan fingerprint density at radius 3 is 2.33 bits per heavy atom. The Hall–Kier alpha value is -1.52. The Morgan fingerprint density at radius 1 is 1.05 bits per heavy atom. The van der Waals surface area contributed by atoms with Crippen LogP contribution in [0.2, 0.25) is 0 Å². The van der Waals surface area contributed by atoms with Gasteiger partial charge in [-0.15, -0.1) is 11.3 Å². The van der Waals surface area contributed by atoms with E-state index in [0.717, 1.165) is 11.5 Å². The summed E-state index contributed by atoms with van der Waals surface area (Å²) in [6.45, 7) is 7.37. The minimum Gasteiger partial charge on any atom is -0.490 e. The highest BCUT2D eigenvalue weighted by Gasteiger charge is 2.16. The zero-order chi connectivity index (χ0) is 15.2. The normalized spacial score (nSPS) is 12.2. The molecule has 0 fully saturated rings. The predicted octanol–water partition coefficient (Wildman–Crippen LogP) is 4.16. The van der Waals surface area contributed by atoms with Crippen LogP contribution in [-0.2, 0) is 0 Å². The maximum Gasteiger partial charge on any atom is 0.161 e. The lowest BCUT2D eigenvalue weighted by molar-refractivity contribution is 0.287. The Morgan fingerprint density at radius 2 is 1.76 bits per heavy atom. The average Bonchev–Trinajstić information content (AvgIpc) is 2.89. The van der Waals surface area contributed by atoms with Crippen molar-refractivity contribution in [2.45, 2.75) is 26.8 Å². The molecule has 0 spiro atoms. The highest BCUT2D eigenvalue weighted by molar-refractivity contribution is 7.12. The molecule has 1 N–H and O–H groups in total. The number of benzene rings is 1. The second-order valence-corrected chi connectivity index (χ2v) is 6.06. The Labute approximate surface area is 130 Å². The van der Waals surface area contributed by atoms with Gasteiger partial charge < -0.3 is 14.8 Å². The van der Waals surface area contributed by atoms with E-state index in [1.807, 2.05) is 38.3 Å². The van der Waals surface area contributed by atoms with Gasteiger partial charge in [0.1, 0.15) is 0 Å². The molecule has 3 nitrogen and oxygen atoms in total. The third-order valence-corrected chi connectivity index (χ3v) is 4.30. The quantitative estimate of drug-likeness (QED) is 0.833. The van der Waals surface area contributed by atoms with Gasteiger partial charge in [-0.2, -0.15) is 0 Å². The summed E-state index contributed by atoms with van der Waals surface area (Å²) in [6.07, 6.45) is 0. The number of hydrogen-bond acceptors (Lipinski definition) is 4. The summed E-state index contributed by atoms with van der Waals surface area (Å²) in [4.78, 5) is 2.63. The van der Waals surface area contributed by atoms with Crippen molar-refractivity contribution >= 4 is 11.3 Å². The summed E-state index contributed by atoms with van der Waals surface area (Å²) in [5, 5.41) is 3.38. The highest BCUT2D eigenvalue weighted by atomic mass is 32.1. The molecule has 1 aromatic heterocycles. The smallest absolute Gasteiger partial charge is 0.161 e. The molecule has 4 heteroatoms. The summed E-state index contributed by atoms with van der Waals surface area (Å²) in [5.74, 6) is 1.62. The van der Waals surface area contributed by atoms with Gasteiger partial charge >= 0.3 is 0 Å². The van der Waals surface area contributed by atoms with Crippen LogP contribution in [0.15, 0.2) is 30.3 Å². The number of thiophene rings is 1. The van der Waals surface area contributed by atoms with Gasteiger partial charge in [-0.3, -0.25) is 0 Å². The van der Waals surface area contributed by atoms with E-state index < -0.39 is 0 Å². The third-order valence-electron chi connectivity index (χ3n) is 3.24. The molecule has 0 saturated carbocycles. The van der Waals surface area contributed by atoms with Gasteiger partial charge in [0.2, 0.25) is 0 Å². The van der Waals surface area contributed by atoms with Crippen LogP contribution in [0.3, 0.4) is 0 Å². The van der Waals surface area contributed by atoms with Crippen molar-refractivity contribution < 1.29 is 9.47 Å². The van der Waals surface area contributed by atoms with Gasteiger partial charge in [-0.25, -0.2) is 0 Å². The molecular formula is C17H23NO2S. The van der Waals surface area contributed by atoms with Crippen LogP contribution >= 0.6 is 11.3 Å². The van der Waals surface area contributed by atoms with E-state index in [0.29, 0.717) is 13.2 Å². The summed E-state index contributed by atoms with van der Waals surface area (Å²) in [7, 11) is 1.98. The maximum atomic E-state index is 5.72. The van der Waals surface area contributed by atoms with E-state index in [1.54, 1.807) is 0 Å². The number of nitrogens with one attached hydrogen (secondary N) is 1. The van der Waals surface area contributed by atoms with E-state index in [1.165, 1.54) is 15.3 Å². The summed E-state index contributed by atoms with van der Waals surface area (Å²) in [6, 6.07) is 10.7. The van der Waals surface area contributed by atoms with Crippen molar-refractivity contribution in [2.75, 3.05) is 20.3 Å². The van der Waals surface area contributed by atoms with Crippen LogP contribution < -0.4 is 14.8 Å². The van der Waals surface area contributed by atoms with Crippen LogP contribution in [0.25, 0.3) is 0 Å². The van der Waals surface area contributed by atoms with Crippen LogP contribution in [0.5, 0.6) is 11.5 Å². The van der Waals surface area contributed by atoms with Crippen LogP contribution in [-0.4, -0.2) is 20.3 Å². The molecule has 0 saturated heterocycles. The van der Waals surface area contributed by atoms with Gasteiger partial charge in [-0.1, -0.05) is 6.07 Å². The van der Waals surface area contributed by atoms with Crippen molar-refractivity contribution in [3.05, 3.63) is 45.6 Å². The molecule has 2 rings (SSSR count). The average molecular weight is 305 g/mol. The summed E-state index contributed by atoms with van der Waals surface area (Å²) >= 11 is 1.81. The summed E-state index contributed by atoms with van der Waals surface area (Å²) in [5.41, 5.74) is 1.19. The predicted molar refractivity (Wildman–Crippen MR) is 88.7 cm³/mol. The van der Waals surface area contributed by atoms with Crippen molar-refractivity contribution in [3.8, 4) is 11.5 Å². The maximum absolute atomic E-state index is 5.72. The van der Waals surface area contributed by atoms with Crippen molar-refractivity contribution in [3.63, 3.8) is 0 Å². The lowest BCUT2D eigenvalue weighted by Gasteiger charge is -2.18. The molecule has 1 unspecified atom stereocenters. The molecular weight excluding hydrogens is 282 g/mol. The number of aryl methyl sites for hydroxylation is 1. The van der Waals surface area contributed by atoms with Crippen LogP contribution in [0, 0.1) is 6.92 Å². The van der Waals surface area contributed by atoms with Crippen LogP contribution in [0.1, 0.15) is 35.2 Å². The molecule has 1 heterocycles. The van der Waals surface area contributed by atoms with Gasteiger partial charge in [0.05, 0.1) is 19.3 Å². The van der Waals surface area contributed by atoms with Gasteiger partial charge in [0.15, 0.2) is 11.5 Å². The molecule has 0 aliphatic rings. The number of ether oxygens (including phenoxy) is 2. The Bertz CT molecular complexity index is 580. The molecule has 0 radical (unpaired) electrons. The molecule has 0 bridgehead atoms. The molecule has 2 aromatic rings. The number of rotatable bonds is 7. The zero-order valence-electron chi connectivity index (χ0n) is 13.1. The standard InChI is InChI=1S/C17H23NO2S/c1-5-19-14-9-8-13(11-15(14)20-6-2)17(18-4)16-10-7-12(3)21-16/h7-11,17-18H,5-6H2,1-4H3. The lowest BCUT2D eigenvalue weighted by Crippen LogP contribution is -2.16. The number of hydrogen-bond donors (Lipinski definition) is 1. The molecule has 1 aromatic carbocycles. The first-order chi connectivity index (χ1) is 10.2. The second-order valence-electron chi connectivity index (χ2n) is 4.74. The first-order valence-electron chi connectivity index (χ1n) is 7.32. The molecule has 0 amide bonds. The van der Waals surface area contributed by atoms with Crippen molar-refractivity contribution in [2.24, 2.45) is 0 Å². The monoisotopic (exact) mass is 305 g/mol. The first-order valence-corrected chi connectivity index (χ1v) is 8.14. The van der Waals surface area contributed by atoms with E-state index in [4.69, 9.17) is 9.47 Å². The van der Waals surface area contributed by atoms with Crippen LogP contribution in [0.4, 0.5) is 0 Å². The fourth-order valence-corrected chi connectivity index (χ4v) is 3.34. The van der Waals surface area contributed by atoms with Crippen molar-refractivity contribution in [1.82, 2.24) is 5.32 Å². The van der Waals surface area contributed by atoms with Gasteiger partial charge in [-0.05, 0) is 57.6 Å². The fourth-order valence-electron chi connectivity index (χ4n) is 2.33. The fraction of sp³-hybridized carbons (Fsp3) is 0.412. The Balaban J connectivity index is 2.35. The van der Waals surface area contributed by atoms with Gasteiger partial charge in [0.25, 0.3) is 0 Å². The molecule has 0 aliphatic carbocycles. The summed E-state index contributed by atoms with van der Waals surface area (Å²) < 4.78 is 11.3. The molecule has 114 valence electrons. The van der Waals surface area contributed by atoms with E-state index >= 15 is 0 Å². The molecule has 21 heavy (non-hydrogen) atoms. The minimum atomic E-state index is 0.179. The second kappa shape index (κ2) is 7.48. The van der Waals surface area contributed by atoms with E-state index in [-0.39, 0.29) is 6.04 Å². The van der Waals surface area contributed by atoms with Gasteiger partial charge in [0, 0.05) is 9.75 Å². The third kappa shape index (κ3) is 3.77. The van der Waals surface area contributed by atoms with E-state index in [9.17, 15) is 0 Å². The van der Waals surface area contributed by atoms with E-state index in [2.05, 4.69) is 36.5 Å². The van der Waals surface area contributed by atoms with Crippen molar-refractivity contribution in [1.29, 1.82) is 0 Å². The minimum absolute atomic E-state index is 0.179. The molecule has 1 atom stereocenters.